The van der Waals surface area contributed by atoms with Gasteiger partial charge < -0.3 is 10.2 Å². The molecular formula is C18H19FN4. The van der Waals surface area contributed by atoms with Gasteiger partial charge in [0.2, 0.25) is 0 Å². The normalized spacial score (nSPS) is 18.5. The summed E-state index contributed by atoms with van der Waals surface area (Å²) in [6.45, 7) is 2.81. The van der Waals surface area contributed by atoms with Crippen LogP contribution in [0.2, 0.25) is 0 Å². The molecule has 4 nitrogen and oxygen atoms in total. The average Bonchev–Trinajstić information content (AvgIpc) is 3.03. The van der Waals surface area contributed by atoms with Crippen molar-refractivity contribution < 1.29 is 4.39 Å². The molecule has 0 amide bonds. The van der Waals surface area contributed by atoms with E-state index in [-0.39, 0.29) is 5.82 Å². The molecule has 23 heavy (non-hydrogen) atoms. The molecule has 1 atom stereocenters. The highest BCUT2D eigenvalue weighted by atomic mass is 19.1. The van der Waals surface area contributed by atoms with Crippen molar-refractivity contribution in [1.82, 2.24) is 15.5 Å². The van der Waals surface area contributed by atoms with E-state index in [0.29, 0.717) is 6.04 Å². The molecule has 0 spiro atoms. The fourth-order valence-corrected chi connectivity index (χ4v) is 3.33. The summed E-state index contributed by atoms with van der Waals surface area (Å²) in [6, 6.07) is 13.6. The van der Waals surface area contributed by atoms with Gasteiger partial charge in [-0.3, -0.25) is 5.10 Å². The maximum Gasteiger partial charge on any atom is 0.123 e. The van der Waals surface area contributed by atoms with Crippen LogP contribution in [0.3, 0.4) is 0 Å². The SMILES string of the molecule is Fc1cccc(CC2CNCCN2c2ccc3[nH]ncc3c2)c1. The van der Waals surface area contributed by atoms with Crippen LogP contribution >= 0.6 is 0 Å². The van der Waals surface area contributed by atoms with Gasteiger partial charge in [-0.05, 0) is 42.3 Å². The molecule has 2 N–H and O–H groups in total. The minimum absolute atomic E-state index is 0.169. The highest BCUT2D eigenvalue weighted by molar-refractivity contribution is 5.82. The zero-order chi connectivity index (χ0) is 15.6. The van der Waals surface area contributed by atoms with Gasteiger partial charge in [-0.2, -0.15) is 5.10 Å². The number of rotatable bonds is 3. The summed E-state index contributed by atoms with van der Waals surface area (Å²) in [4.78, 5) is 2.41. The molecule has 1 unspecified atom stereocenters. The Kier molecular flexibility index (Phi) is 3.71. The summed E-state index contributed by atoms with van der Waals surface area (Å²) in [5.74, 6) is -0.169. The number of hydrogen-bond donors (Lipinski definition) is 2. The highest BCUT2D eigenvalue weighted by Crippen LogP contribution is 2.24. The number of halogens is 1. The summed E-state index contributed by atoms with van der Waals surface area (Å²) in [6.07, 6.45) is 2.68. The molecule has 1 aromatic heterocycles. The minimum atomic E-state index is -0.169. The van der Waals surface area contributed by atoms with Gasteiger partial charge in [-0.15, -0.1) is 0 Å². The summed E-state index contributed by atoms with van der Waals surface area (Å²) in [5, 5.41) is 11.6. The molecule has 0 saturated carbocycles. The zero-order valence-electron chi connectivity index (χ0n) is 12.8. The Hall–Kier alpha value is -2.40. The molecule has 0 bridgehead atoms. The first-order chi connectivity index (χ1) is 11.3. The monoisotopic (exact) mass is 310 g/mol. The summed E-state index contributed by atoms with van der Waals surface area (Å²) >= 11 is 0. The lowest BCUT2D eigenvalue weighted by Crippen LogP contribution is -2.52. The van der Waals surface area contributed by atoms with Gasteiger partial charge >= 0.3 is 0 Å². The third-order valence-corrected chi connectivity index (χ3v) is 4.47. The molecule has 1 saturated heterocycles. The minimum Gasteiger partial charge on any atom is -0.366 e. The van der Waals surface area contributed by atoms with E-state index < -0.39 is 0 Å². The van der Waals surface area contributed by atoms with E-state index in [1.807, 2.05) is 12.3 Å². The van der Waals surface area contributed by atoms with Crippen molar-refractivity contribution in [3.63, 3.8) is 0 Å². The summed E-state index contributed by atoms with van der Waals surface area (Å²) in [5.41, 5.74) is 3.28. The van der Waals surface area contributed by atoms with E-state index in [9.17, 15) is 4.39 Å². The molecule has 5 heteroatoms. The smallest absolute Gasteiger partial charge is 0.123 e. The zero-order valence-corrected chi connectivity index (χ0v) is 12.8. The molecule has 1 aliphatic rings. The standard InChI is InChI=1S/C18H19FN4/c19-15-3-1-2-13(8-15)9-17-12-20-6-7-23(17)16-4-5-18-14(10-16)11-21-22-18/h1-5,8,10-11,17,20H,6-7,9,12H2,(H,21,22). The quantitative estimate of drug-likeness (QED) is 0.782. The Morgan fingerprint density at radius 1 is 1.22 bits per heavy atom. The van der Waals surface area contributed by atoms with Gasteiger partial charge in [0.1, 0.15) is 5.82 Å². The third kappa shape index (κ3) is 2.92. The van der Waals surface area contributed by atoms with Crippen molar-refractivity contribution in [2.45, 2.75) is 12.5 Å². The van der Waals surface area contributed by atoms with E-state index in [2.05, 4.69) is 38.6 Å². The number of fused-ring (bicyclic) bond motifs is 1. The van der Waals surface area contributed by atoms with Crippen molar-refractivity contribution in [3.8, 4) is 0 Å². The van der Waals surface area contributed by atoms with Gasteiger partial charge in [0, 0.05) is 36.7 Å². The second-order valence-corrected chi connectivity index (χ2v) is 6.03. The Morgan fingerprint density at radius 2 is 2.17 bits per heavy atom. The topological polar surface area (TPSA) is 44.0 Å². The van der Waals surface area contributed by atoms with E-state index in [1.165, 1.54) is 11.8 Å². The lowest BCUT2D eigenvalue weighted by atomic mass is 10.0. The number of anilines is 1. The Balaban J connectivity index is 1.61. The lowest BCUT2D eigenvalue weighted by Gasteiger charge is -2.38. The Bertz CT molecular complexity index is 813. The van der Waals surface area contributed by atoms with Crippen LogP contribution < -0.4 is 10.2 Å². The van der Waals surface area contributed by atoms with Crippen LogP contribution in [-0.4, -0.2) is 35.9 Å². The van der Waals surface area contributed by atoms with Gasteiger partial charge in [0.05, 0.1) is 11.7 Å². The number of H-pyrrole nitrogens is 1. The molecule has 1 aliphatic heterocycles. The number of aromatic amines is 1. The second-order valence-electron chi connectivity index (χ2n) is 6.03. The van der Waals surface area contributed by atoms with Crippen LogP contribution in [0.5, 0.6) is 0 Å². The number of piperazine rings is 1. The average molecular weight is 310 g/mol. The maximum atomic E-state index is 13.4. The first kappa shape index (κ1) is 14.2. The number of nitrogens with one attached hydrogen (secondary N) is 2. The second kappa shape index (κ2) is 6.01. The lowest BCUT2D eigenvalue weighted by molar-refractivity contribution is 0.473. The fourth-order valence-electron chi connectivity index (χ4n) is 3.33. The van der Waals surface area contributed by atoms with Crippen molar-refractivity contribution in [3.05, 3.63) is 60.0 Å². The molecule has 3 aromatic rings. The first-order valence-electron chi connectivity index (χ1n) is 7.94. The van der Waals surface area contributed by atoms with E-state index in [1.54, 1.807) is 12.1 Å². The predicted molar refractivity (Wildman–Crippen MR) is 90.2 cm³/mol. The van der Waals surface area contributed by atoms with Crippen molar-refractivity contribution in [2.75, 3.05) is 24.5 Å². The number of aromatic nitrogens is 2. The van der Waals surface area contributed by atoms with Gasteiger partial charge in [0.15, 0.2) is 0 Å². The van der Waals surface area contributed by atoms with Crippen molar-refractivity contribution >= 4 is 16.6 Å². The van der Waals surface area contributed by atoms with Gasteiger partial charge in [-0.25, -0.2) is 4.39 Å². The summed E-state index contributed by atoms with van der Waals surface area (Å²) < 4.78 is 13.4. The van der Waals surface area contributed by atoms with Gasteiger partial charge in [-0.1, -0.05) is 12.1 Å². The molecule has 1 fully saturated rings. The summed E-state index contributed by atoms with van der Waals surface area (Å²) in [7, 11) is 0. The number of nitrogens with zero attached hydrogens (tertiary/aromatic N) is 2. The first-order valence-corrected chi connectivity index (χ1v) is 7.94. The Morgan fingerprint density at radius 3 is 3.09 bits per heavy atom. The number of hydrogen-bond acceptors (Lipinski definition) is 3. The van der Waals surface area contributed by atoms with Crippen molar-refractivity contribution in [1.29, 1.82) is 0 Å². The molecule has 2 aromatic carbocycles. The molecule has 4 rings (SSSR count). The Labute approximate surface area is 134 Å². The van der Waals surface area contributed by atoms with E-state index in [4.69, 9.17) is 0 Å². The van der Waals surface area contributed by atoms with E-state index in [0.717, 1.165) is 42.5 Å². The molecule has 0 aliphatic carbocycles. The largest absolute Gasteiger partial charge is 0.366 e. The molecular weight excluding hydrogens is 291 g/mol. The number of benzene rings is 2. The van der Waals surface area contributed by atoms with Crippen LogP contribution in [-0.2, 0) is 6.42 Å². The van der Waals surface area contributed by atoms with Crippen LogP contribution in [0.15, 0.2) is 48.7 Å². The molecule has 0 radical (unpaired) electrons. The maximum absolute atomic E-state index is 13.4. The molecule has 2 heterocycles. The van der Waals surface area contributed by atoms with Crippen LogP contribution in [0.4, 0.5) is 10.1 Å². The highest BCUT2D eigenvalue weighted by Gasteiger charge is 2.23. The van der Waals surface area contributed by atoms with Gasteiger partial charge in [0.25, 0.3) is 0 Å². The van der Waals surface area contributed by atoms with Crippen LogP contribution in [0.25, 0.3) is 10.9 Å². The fraction of sp³-hybridized carbons (Fsp3) is 0.278. The molecule has 118 valence electrons. The van der Waals surface area contributed by atoms with E-state index >= 15 is 0 Å². The predicted octanol–water partition coefficient (Wildman–Crippen LogP) is 2.72. The van der Waals surface area contributed by atoms with Crippen LogP contribution in [0, 0.1) is 5.82 Å². The van der Waals surface area contributed by atoms with Crippen molar-refractivity contribution in [2.24, 2.45) is 0 Å². The van der Waals surface area contributed by atoms with Crippen LogP contribution in [0.1, 0.15) is 5.56 Å². The third-order valence-electron chi connectivity index (χ3n) is 4.47.